The van der Waals surface area contributed by atoms with Crippen LogP contribution in [0.2, 0.25) is 0 Å². The minimum Gasteiger partial charge on any atom is -0.374 e. The lowest BCUT2D eigenvalue weighted by molar-refractivity contribution is -0.117. The molecule has 1 amide bonds. The second kappa shape index (κ2) is 11.7. The smallest absolute Gasteiger partial charge is 0.324 e. The zero-order valence-corrected chi connectivity index (χ0v) is 19.5. The van der Waals surface area contributed by atoms with Gasteiger partial charge in [-0.15, -0.1) is 0 Å². The zero-order valence-electron chi connectivity index (χ0n) is 19.5. The van der Waals surface area contributed by atoms with Gasteiger partial charge in [0.15, 0.2) is 0 Å². The van der Waals surface area contributed by atoms with E-state index in [1.54, 1.807) is 0 Å². The number of nitrogens with one attached hydrogen (secondary N) is 1. The van der Waals surface area contributed by atoms with Gasteiger partial charge in [-0.1, -0.05) is 17.3 Å². The van der Waals surface area contributed by atoms with Crippen LogP contribution in [0, 0.1) is 5.92 Å². The predicted molar refractivity (Wildman–Crippen MR) is 121 cm³/mol. The van der Waals surface area contributed by atoms with E-state index in [4.69, 9.17) is 15.0 Å². The quantitative estimate of drug-likeness (QED) is 0.481. The van der Waals surface area contributed by atoms with E-state index in [1.165, 1.54) is 0 Å². The van der Waals surface area contributed by atoms with Gasteiger partial charge < -0.3 is 25.2 Å². The number of aromatic nitrogens is 2. The van der Waals surface area contributed by atoms with Crippen molar-refractivity contribution in [1.29, 1.82) is 0 Å². The van der Waals surface area contributed by atoms with E-state index in [0.717, 1.165) is 50.2 Å². The van der Waals surface area contributed by atoms with Crippen LogP contribution in [0.25, 0.3) is 0 Å². The summed E-state index contributed by atoms with van der Waals surface area (Å²) in [4.78, 5) is 17.9. The molecule has 2 heterocycles. The Bertz CT molecular complexity index is 841. The fraction of sp³-hybridized carbons (Fsp3) is 0.696. The molecular weight excluding hydrogens is 432 g/mol. The molecule has 3 rings (SSSR count). The molecule has 0 radical (unpaired) electrons. The Balaban J connectivity index is 1.32. The summed E-state index contributed by atoms with van der Waals surface area (Å²) in [6, 6.07) is 0.174. The molecule has 1 fully saturated rings. The first-order valence-electron chi connectivity index (χ1n) is 11.7. The zero-order chi connectivity index (χ0) is 23.8. The number of alkyl halides is 2. The van der Waals surface area contributed by atoms with Gasteiger partial charge in [0.2, 0.25) is 5.82 Å². The van der Waals surface area contributed by atoms with Gasteiger partial charge >= 0.3 is 11.9 Å². The van der Waals surface area contributed by atoms with Crippen LogP contribution in [0.15, 0.2) is 27.8 Å². The number of nitrogens with two attached hydrogens (primary N) is 1. The van der Waals surface area contributed by atoms with E-state index in [1.807, 2.05) is 24.0 Å². The van der Waals surface area contributed by atoms with E-state index in [0.29, 0.717) is 45.1 Å². The monoisotopic (exact) mass is 467 g/mol. The number of rotatable bonds is 11. The molecule has 10 heteroatoms. The molecule has 1 saturated heterocycles. The normalized spacial score (nSPS) is 19.9. The average Bonchev–Trinajstić information content (AvgIpc) is 3.28. The van der Waals surface area contributed by atoms with Gasteiger partial charge in [0, 0.05) is 38.7 Å². The summed E-state index contributed by atoms with van der Waals surface area (Å²) < 4.78 is 37.6. The SMILES string of the molecule is CC1=CC(OCCCC2CCN(c3nc(C(C)(F)F)no3)CC2)CC=C1C(=O)NCCCN. The van der Waals surface area contributed by atoms with Crippen molar-refractivity contribution in [2.24, 2.45) is 11.7 Å². The number of carbonyl (C=O) groups is 1. The van der Waals surface area contributed by atoms with Gasteiger partial charge in [0.1, 0.15) is 0 Å². The third-order valence-corrected chi connectivity index (χ3v) is 6.11. The molecule has 33 heavy (non-hydrogen) atoms. The maximum absolute atomic E-state index is 13.3. The number of piperidine rings is 1. The molecule has 1 unspecified atom stereocenters. The van der Waals surface area contributed by atoms with E-state index in [9.17, 15) is 13.6 Å². The van der Waals surface area contributed by atoms with Crippen LogP contribution < -0.4 is 16.0 Å². The number of hydrogen-bond donors (Lipinski definition) is 2. The fourth-order valence-corrected chi connectivity index (χ4v) is 4.16. The topological polar surface area (TPSA) is 107 Å². The summed E-state index contributed by atoms with van der Waals surface area (Å²) >= 11 is 0. The lowest BCUT2D eigenvalue weighted by Crippen LogP contribution is -2.34. The molecule has 184 valence electrons. The van der Waals surface area contributed by atoms with Crippen molar-refractivity contribution in [1.82, 2.24) is 15.5 Å². The summed E-state index contributed by atoms with van der Waals surface area (Å²) in [6.07, 6.45) is 9.34. The van der Waals surface area contributed by atoms with E-state index < -0.39 is 11.7 Å². The Morgan fingerprint density at radius 2 is 2.12 bits per heavy atom. The number of anilines is 1. The van der Waals surface area contributed by atoms with Crippen molar-refractivity contribution in [3.63, 3.8) is 0 Å². The molecule has 1 aliphatic carbocycles. The summed E-state index contributed by atoms with van der Waals surface area (Å²) in [5, 5.41) is 6.28. The third kappa shape index (κ3) is 7.33. The Morgan fingerprint density at radius 1 is 1.36 bits per heavy atom. The molecule has 0 bridgehead atoms. The minimum atomic E-state index is -3.10. The number of hydrogen-bond acceptors (Lipinski definition) is 7. The highest BCUT2D eigenvalue weighted by Crippen LogP contribution is 2.29. The van der Waals surface area contributed by atoms with Gasteiger partial charge in [-0.25, -0.2) is 0 Å². The molecule has 0 spiro atoms. The van der Waals surface area contributed by atoms with Crippen molar-refractivity contribution < 1.29 is 22.8 Å². The van der Waals surface area contributed by atoms with Crippen LogP contribution >= 0.6 is 0 Å². The number of nitrogens with zero attached hydrogens (tertiary/aromatic N) is 3. The summed E-state index contributed by atoms with van der Waals surface area (Å²) in [5.74, 6) is -3.16. The number of halogens is 2. The number of ether oxygens (including phenoxy) is 1. The molecule has 1 atom stereocenters. The van der Waals surface area contributed by atoms with Gasteiger partial charge in [-0.3, -0.25) is 4.79 Å². The van der Waals surface area contributed by atoms with Gasteiger partial charge in [-0.05, 0) is 63.5 Å². The van der Waals surface area contributed by atoms with Crippen molar-refractivity contribution in [2.45, 2.75) is 64.4 Å². The molecule has 0 saturated carbocycles. The fourth-order valence-electron chi connectivity index (χ4n) is 4.16. The van der Waals surface area contributed by atoms with E-state index >= 15 is 0 Å². The first kappa shape index (κ1) is 25.3. The highest BCUT2D eigenvalue weighted by molar-refractivity contribution is 5.97. The molecule has 1 aromatic rings. The van der Waals surface area contributed by atoms with Gasteiger partial charge in [0.25, 0.3) is 5.91 Å². The number of amides is 1. The summed E-state index contributed by atoms with van der Waals surface area (Å²) in [7, 11) is 0. The molecule has 0 aromatic carbocycles. The summed E-state index contributed by atoms with van der Waals surface area (Å²) in [6.45, 7) is 5.94. The average molecular weight is 468 g/mol. The molecule has 3 N–H and O–H groups in total. The maximum Gasteiger partial charge on any atom is 0.324 e. The number of carbonyl (C=O) groups excluding carboxylic acids is 1. The van der Waals surface area contributed by atoms with Crippen LogP contribution in [0.3, 0.4) is 0 Å². The molecular formula is C23H35F2N5O3. The van der Waals surface area contributed by atoms with Gasteiger partial charge in [-0.2, -0.15) is 13.8 Å². The van der Waals surface area contributed by atoms with Crippen LogP contribution in [0.1, 0.15) is 58.2 Å². The second-order valence-corrected chi connectivity index (χ2v) is 8.87. The van der Waals surface area contributed by atoms with Gasteiger partial charge in [0.05, 0.1) is 6.10 Å². The Labute approximate surface area is 193 Å². The molecule has 8 nitrogen and oxygen atoms in total. The van der Waals surface area contributed by atoms with Crippen molar-refractivity contribution in [3.05, 3.63) is 29.1 Å². The highest BCUT2D eigenvalue weighted by atomic mass is 19.3. The van der Waals surface area contributed by atoms with Crippen molar-refractivity contribution in [3.8, 4) is 0 Å². The lowest BCUT2D eigenvalue weighted by Gasteiger charge is -2.30. The van der Waals surface area contributed by atoms with Crippen LogP contribution in [0.5, 0.6) is 0 Å². The first-order valence-corrected chi connectivity index (χ1v) is 11.7. The van der Waals surface area contributed by atoms with Crippen molar-refractivity contribution >= 4 is 11.9 Å². The lowest BCUT2D eigenvalue weighted by atomic mass is 9.92. The van der Waals surface area contributed by atoms with E-state index in [2.05, 4.69) is 15.5 Å². The minimum absolute atomic E-state index is 0.00384. The molecule has 1 aliphatic heterocycles. The molecule has 2 aliphatic rings. The maximum atomic E-state index is 13.3. The highest BCUT2D eigenvalue weighted by Gasteiger charge is 2.33. The van der Waals surface area contributed by atoms with Crippen LogP contribution in [-0.4, -0.2) is 54.9 Å². The van der Waals surface area contributed by atoms with Crippen molar-refractivity contribution in [2.75, 3.05) is 37.7 Å². The Kier molecular flexibility index (Phi) is 8.96. The standard InChI is InChI=1S/C23H35F2N5O3/c1-16-15-18(6-7-19(16)20(31)27-11-4-10-26)32-14-3-5-17-8-12-30(13-9-17)22-28-21(29-33-22)23(2,24)25/h7,15,17-18H,3-6,8-14,26H2,1-2H3,(H,27,31). The van der Waals surface area contributed by atoms with E-state index in [-0.39, 0.29) is 18.0 Å². The van der Waals surface area contributed by atoms with Crippen LogP contribution in [-0.2, 0) is 15.5 Å². The second-order valence-electron chi connectivity index (χ2n) is 8.87. The Hall–Kier alpha value is -2.33. The first-order chi connectivity index (χ1) is 15.8. The third-order valence-electron chi connectivity index (χ3n) is 6.11. The largest absolute Gasteiger partial charge is 0.374 e. The predicted octanol–water partition coefficient (Wildman–Crippen LogP) is 3.30. The van der Waals surface area contributed by atoms with Crippen LogP contribution in [0.4, 0.5) is 14.8 Å². The Morgan fingerprint density at radius 3 is 2.76 bits per heavy atom. The summed E-state index contributed by atoms with van der Waals surface area (Å²) in [5.41, 5.74) is 7.12. The molecule has 1 aromatic heterocycles.